The minimum absolute atomic E-state index is 0. The predicted molar refractivity (Wildman–Crippen MR) is 45.1 cm³/mol. The number of hydrogen-bond donors (Lipinski definition) is 0. The summed E-state index contributed by atoms with van der Waals surface area (Å²) < 4.78 is 0. The molecule has 64 valence electrons. The van der Waals surface area contributed by atoms with Gasteiger partial charge in [-0.3, -0.25) is 0 Å². The first-order chi connectivity index (χ1) is 5.61. The SMILES string of the molecule is O=C([O-])C(Cl)c1ccc(Cl)cc1.[Na+]. The van der Waals surface area contributed by atoms with E-state index in [0.29, 0.717) is 10.6 Å². The van der Waals surface area contributed by atoms with Gasteiger partial charge in [0, 0.05) is 5.02 Å². The quantitative estimate of drug-likeness (QED) is 0.449. The number of carbonyl (C=O) groups excluding carboxylic acids is 1. The van der Waals surface area contributed by atoms with Crippen LogP contribution >= 0.6 is 23.2 Å². The third-order valence-corrected chi connectivity index (χ3v) is 2.05. The molecule has 0 saturated heterocycles. The molecule has 2 nitrogen and oxygen atoms in total. The zero-order chi connectivity index (χ0) is 9.14. The maximum absolute atomic E-state index is 10.3. The Labute approximate surface area is 108 Å². The van der Waals surface area contributed by atoms with Crippen molar-refractivity contribution < 1.29 is 39.5 Å². The molecule has 1 aromatic carbocycles. The van der Waals surface area contributed by atoms with Crippen molar-refractivity contribution in [1.82, 2.24) is 0 Å². The zero-order valence-corrected chi connectivity index (χ0v) is 10.5. The molecule has 0 aliphatic heterocycles. The first-order valence-corrected chi connectivity index (χ1v) is 4.03. The number of carboxylic acid groups (broad SMARTS) is 1. The Morgan fingerprint density at radius 1 is 1.31 bits per heavy atom. The number of hydrogen-bond acceptors (Lipinski definition) is 2. The summed E-state index contributed by atoms with van der Waals surface area (Å²) in [7, 11) is 0. The minimum Gasteiger partial charge on any atom is -0.548 e. The molecule has 0 fully saturated rings. The number of rotatable bonds is 2. The first-order valence-electron chi connectivity index (χ1n) is 3.21. The standard InChI is InChI=1S/C8H6Cl2O2.Na/c9-6-3-1-5(2-4-6)7(10)8(11)12;/h1-4,7H,(H,11,12);/q;+1/p-1. The van der Waals surface area contributed by atoms with E-state index in [0.717, 1.165) is 0 Å². The van der Waals surface area contributed by atoms with Crippen molar-refractivity contribution in [3.8, 4) is 0 Å². The van der Waals surface area contributed by atoms with Crippen molar-refractivity contribution in [2.45, 2.75) is 5.38 Å². The molecule has 0 spiro atoms. The van der Waals surface area contributed by atoms with E-state index in [1.54, 1.807) is 24.3 Å². The average Bonchev–Trinajstić information content (AvgIpc) is 2.04. The summed E-state index contributed by atoms with van der Waals surface area (Å²) >= 11 is 11.1. The molecule has 0 bridgehead atoms. The van der Waals surface area contributed by atoms with Crippen LogP contribution in [0.5, 0.6) is 0 Å². The summed E-state index contributed by atoms with van der Waals surface area (Å²) in [6, 6.07) is 6.26. The third kappa shape index (κ3) is 3.88. The maximum Gasteiger partial charge on any atom is 1.00 e. The molecule has 1 aromatic rings. The van der Waals surface area contributed by atoms with E-state index in [1.807, 2.05) is 0 Å². The van der Waals surface area contributed by atoms with Crippen LogP contribution in [0.2, 0.25) is 5.02 Å². The normalized spacial score (nSPS) is 11.5. The largest absolute Gasteiger partial charge is 1.00 e. The van der Waals surface area contributed by atoms with Gasteiger partial charge in [0.05, 0.1) is 11.3 Å². The Kier molecular flexibility index (Phi) is 6.01. The number of halogens is 2. The van der Waals surface area contributed by atoms with Gasteiger partial charge in [0.2, 0.25) is 0 Å². The summed E-state index contributed by atoms with van der Waals surface area (Å²) in [4.78, 5) is 10.3. The fourth-order valence-electron chi connectivity index (χ4n) is 0.768. The van der Waals surface area contributed by atoms with Gasteiger partial charge in [-0.15, -0.1) is 11.6 Å². The maximum atomic E-state index is 10.3. The molecule has 0 radical (unpaired) electrons. The molecule has 5 heteroatoms. The van der Waals surface area contributed by atoms with E-state index >= 15 is 0 Å². The molecule has 0 aromatic heterocycles. The third-order valence-electron chi connectivity index (χ3n) is 1.37. The van der Waals surface area contributed by atoms with Gasteiger partial charge in [0.15, 0.2) is 0 Å². The molecule has 0 aliphatic carbocycles. The first kappa shape index (κ1) is 13.3. The average molecular weight is 227 g/mol. The van der Waals surface area contributed by atoms with Gasteiger partial charge >= 0.3 is 29.6 Å². The van der Waals surface area contributed by atoms with Gasteiger partial charge in [-0.1, -0.05) is 23.7 Å². The predicted octanol–water partition coefficient (Wildman–Crippen LogP) is -1.63. The summed E-state index contributed by atoms with van der Waals surface area (Å²) in [5.74, 6) is -1.31. The van der Waals surface area contributed by atoms with Gasteiger partial charge < -0.3 is 9.90 Å². The summed E-state index contributed by atoms with van der Waals surface area (Å²) in [5.41, 5.74) is 0.473. The second-order valence-corrected chi connectivity index (χ2v) is 3.11. The van der Waals surface area contributed by atoms with Crippen molar-refractivity contribution in [1.29, 1.82) is 0 Å². The van der Waals surface area contributed by atoms with E-state index in [1.165, 1.54) is 0 Å². The van der Waals surface area contributed by atoms with E-state index < -0.39 is 11.3 Å². The fraction of sp³-hybridized carbons (Fsp3) is 0.125. The molecular formula is C8H5Cl2NaO2. The zero-order valence-electron chi connectivity index (χ0n) is 6.96. The molecular weight excluding hydrogens is 222 g/mol. The number of alkyl halides is 1. The molecule has 0 saturated carbocycles. The summed E-state index contributed by atoms with van der Waals surface area (Å²) in [6.07, 6.45) is 0. The fourth-order valence-corrected chi connectivity index (χ4v) is 1.04. The summed E-state index contributed by atoms with van der Waals surface area (Å²) in [5, 5.41) is 9.74. The summed E-state index contributed by atoms with van der Waals surface area (Å²) in [6.45, 7) is 0. The van der Waals surface area contributed by atoms with Crippen LogP contribution in [0.3, 0.4) is 0 Å². The van der Waals surface area contributed by atoms with Crippen LogP contribution in [0.4, 0.5) is 0 Å². The van der Waals surface area contributed by atoms with Crippen molar-refractivity contribution in [3.05, 3.63) is 34.9 Å². The Hall–Kier alpha value is 0.270. The van der Waals surface area contributed by atoms with Gasteiger partial charge in [-0.05, 0) is 17.7 Å². The molecule has 0 heterocycles. The molecule has 13 heavy (non-hydrogen) atoms. The molecule has 1 rings (SSSR count). The minimum atomic E-state index is -1.31. The van der Waals surface area contributed by atoms with Crippen molar-refractivity contribution in [3.63, 3.8) is 0 Å². The Bertz CT molecular complexity index is 287. The van der Waals surface area contributed by atoms with E-state index in [9.17, 15) is 9.90 Å². The van der Waals surface area contributed by atoms with Crippen molar-refractivity contribution >= 4 is 29.2 Å². The van der Waals surface area contributed by atoms with Gasteiger partial charge in [-0.2, -0.15) is 0 Å². The number of carbonyl (C=O) groups is 1. The smallest absolute Gasteiger partial charge is 0.548 e. The number of aliphatic carboxylic acids is 1. The monoisotopic (exact) mass is 226 g/mol. The van der Waals surface area contributed by atoms with Crippen LogP contribution in [-0.2, 0) is 4.79 Å². The van der Waals surface area contributed by atoms with Crippen molar-refractivity contribution in [2.75, 3.05) is 0 Å². The van der Waals surface area contributed by atoms with Crippen LogP contribution in [0.15, 0.2) is 24.3 Å². The second kappa shape index (κ2) is 5.89. The Balaban J connectivity index is 0.00000144. The van der Waals surface area contributed by atoms with Crippen LogP contribution in [-0.4, -0.2) is 5.97 Å². The molecule has 1 unspecified atom stereocenters. The molecule has 1 atom stereocenters. The van der Waals surface area contributed by atoms with Crippen LogP contribution in [0.1, 0.15) is 10.9 Å². The molecule has 0 N–H and O–H groups in total. The van der Waals surface area contributed by atoms with Crippen LogP contribution in [0.25, 0.3) is 0 Å². The Morgan fingerprint density at radius 2 is 1.77 bits per heavy atom. The molecule has 0 amide bonds. The van der Waals surface area contributed by atoms with Crippen molar-refractivity contribution in [2.24, 2.45) is 0 Å². The van der Waals surface area contributed by atoms with E-state index in [-0.39, 0.29) is 29.6 Å². The van der Waals surface area contributed by atoms with Crippen LogP contribution < -0.4 is 34.7 Å². The number of benzene rings is 1. The van der Waals surface area contributed by atoms with E-state index in [4.69, 9.17) is 23.2 Å². The number of carboxylic acids is 1. The van der Waals surface area contributed by atoms with Gasteiger partial charge in [0.25, 0.3) is 0 Å². The molecule has 0 aliphatic rings. The van der Waals surface area contributed by atoms with Gasteiger partial charge in [0.1, 0.15) is 0 Å². The topological polar surface area (TPSA) is 40.1 Å². The van der Waals surface area contributed by atoms with Gasteiger partial charge in [-0.25, -0.2) is 0 Å². The second-order valence-electron chi connectivity index (χ2n) is 2.23. The Morgan fingerprint density at radius 3 is 2.15 bits per heavy atom. The van der Waals surface area contributed by atoms with E-state index in [2.05, 4.69) is 0 Å². The van der Waals surface area contributed by atoms with Crippen LogP contribution in [0, 0.1) is 0 Å².